The molecule has 0 aliphatic heterocycles. The molecule has 1 amide bonds. The second-order valence-electron chi connectivity index (χ2n) is 5.12. The Labute approximate surface area is 109 Å². The van der Waals surface area contributed by atoms with Crippen molar-refractivity contribution in [2.45, 2.75) is 44.7 Å². The van der Waals surface area contributed by atoms with E-state index in [1.807, 2.05) is 13.0 Å². The first-order chi connectivity index (χ1) is 8.70. The summed E-state index contributed by atoms with van der Waals surface area (Å²) in [6, 6.07) is 11.2. The molecule has 3 nitrogen and oxygen atoms in total. The molecule has 3 atom stereocenters. The molecular formula is C15H22N2O. The lowest BCUT2D eigenvalue weighted by atomic mass is 10.1. The van der Waals surface area contributed by atoms with Crippen LogP contribution in [0.5, 0.6) is 0 Å². The largest absolute Gasteiger partial charge is 0.353 e. The van der Waals surface area contributed by atoms with E-state index in [1.165, 1.54) is 5.56 Å². The molecule has 1 saturated carbocycles. The van der Waals surface area contributed by atoms with Gasteiger partial charge in [0, 0.05) is 18.0 Å². The fourth-order valence-electron chi connectivity index (χ4n) is 2.14. The zero-order chi connectivity index (χ0) is 13.0. The van der Waals surface area contributed by atoms with Gasteiger partial charge in [-0.25, -0.2) is 0 Å². The maximum Gasteiger partial charge on any atom is 0.234 e. The molecule has 0 bridgehead atoms. The lowest BCUT2D eigenvalue weighted by Crippen LogP contribution is -2.39. The van der Waals surface area contributed by atoms with E-state index in [1.54, 1.807) is 0 Å². The smallest absolute Gasteiger partial charge is 0.234 e. The number of rotatable bonds is 6. The molecule has 18 heavy (non-hydrogen) atoms. The molecule has 1 aliphatic rings. The van der Waals surface area contributed by atoms with E-state index in [0.29, 0.717) is 18.5 Å². The third-order valence-electron chi connectivity index (χ3n) is 3.56. The standard InChI is InChI=1S/C15H22N2O/c1-3-11(2)17-15(18)10-16-14-9-13(14)12-7-5-4-6-8-12/h4-8,11,13-14,16H,3,9-10H2,1-2H3,(H,17,18). The quantitative estimate of drug-likeness (QED) is 0.806. The van der Waals surface area contributed by atoms with Gasteiger partial charge in [-0.3, -0.25) is 4.79 Å². The molecule has 3 unspecified atom stereocenters. The maximum atomic E-state index is 11.6. The van der Waals surface area contributed by atoms with Crippen LogP contribution in [-0.4, -0.2) is 24.5 Å². The normalized spacial score (nSPS) is 23.4. The molecule has 3 heteroatoms. The minimum atomic E-state index is 0.100. The molecular weight excluding hydrogens is 224 g/mol. The van der Waals surface area contributed by atoms with Gasteiger partial charge in [-0.15, -0.1) is 0 Å². The Morgan fingerprint density at radius 3 is 2.78 bits per heavy atom. The second-order valence-corrected chi connectivity index (χ2v) is 5.12. The van der Waals surface area contributed by atoms with E-state index in [0.717, 1.165) is 12.8 Å². The monoisotopic (exact) mass is 246 g/mol. The van der Waals surface area contributed by atoms with Crippen LogP contribution in [0.15, 0.2) is 30.3 Å². The predicted octanol–water partition coefficient (Wildman–Crippen LogP) is 2.05. The van der Waals surface area contributed by atoms with Crippen molar-refractivity contribution < 1.29 is 4.79 Å². The molecule has 0 spiro atoms. The first-order valence-corrected chi connectivity index (χ1v) is 6.78. The molecule has 0 radical (unpaired) electrons. The van der Waals surface area contributed by atoms with Gasteiger partial charge in [0.1, 0.15) is 0 Å². The molecule has 1 aliphatic carbocycles. The van der Waals surface area contributed by atoms with Crippen molar-refractivity contribution in [3.63, 3.8) is 0 Å². The summed E-state index contributed by atoms with van der Waals surface area (Å²) in [5.41, 5.74) is 1.37. The summed E-state index contributed by atoms with van der Waals surface area (Å²) in [6.45, 7) is 4.53. The van der Waals surface area contributed by atoms with Gasteiger partial charge >= 0.3 is 0 Å². The Bertz CT molecular complexity index is 391. The number of hydrogen-bond donors (Lipinski definition) is 2. The van der Waals surface area contributed by atoms with Crippen LogP contribution in [-0.2, 0) is 4.79 Å². The molecule has 1 fully saturated rings. The number of carbonyl (C=O) groups is 1. The van der Waals surface area contributed by atoms with Crippen LogP contribution in [0, 0.1) is 0 Å². The van der Waals surface area contributed by atoms with E-state index in [2.05, 4.69) is 41.8 Å². The second kappa shape index (κ2) is 6.01. The van der Waals surface area contributed by atoms with Crippen molar-refractivity contribution in [2.75, 3.05) is 6.54 Å². The SMILES string of the molecule is CCC(C)NC(=O)CNC1CC1c1ccccc1. The summed E-state index contributed by atoms with van der Waals surface area (Å²) >= 11 is 0. The molecule has 1 aromatic rings. The average Bonchev–Trinajstić information content (AvgIpc) is 3.17. The lowest BCUT2D eigenvalue weighted by Gasteiger charge is -2.11. The van der Waals surface area contributed by atoms with Crippen molar-refractivity contribution in [3.8, 4) is 0 Å². The van der Waals surface area contributed by atoms with Gasteiger partial charge in [0.05, 0.1) is 6.54 Å². The van der Waals surface area contributed by atoms with E-state index >= 15 is 0 Å². The lowest BCUT2D eigenvalue weighted by molar-refractivity contribution is -0.120. The van der Waals surface area contributed by atoms with Crippen LogP contribution in [0.1, 0.15) is 38.2 Å². The highest BCUT2D eigenvalue weighted by atomic mass is 16.1. The highest BCUT2D eigenvalue weighted by Crippen LogP contribution is 2.40. The maximum absolute atomic E-state index is 11.6. The van der Waals surface area contributed by atoms with Crippen LogP contribution in [0.25, 0.3) is 0 Å². The minimum absolute atomic E-state index is 0.100. The first kappa shape index (κ1) is 13.1. The topological polar surface area (TPSA) is 41.1 Å². The van der Waals surface area contributed by atoms with Gasteiger partial charge in [0.25, 0.3) is 0 Å². The van der Waals surface area contributed by atoms with Crippen LogP contribution in [0.4, 0.5) is 0 Å². The zero-order valence-corrected chi connectivity index (χ0v) is 11.1. The molecule has 0 heterocycles. The Morgan fingerprint density at radius 1 is 1.39 bits per heavy atom. The van der Waals surface area contributed by atoms with Crippen molar-refractivity contribution in [3.05, 3.63) is 35.9 Å². The number of carbonyl (C=O) groups excluding carboxylic acids is 1. The highest BCUT2D eigenvalue weighted by molar-refractivity contribution is 5.78. The summed E-state index contributed by atoms with van der Waals surface area (Å²) < 4.78 is 0. The van der Waals surface area contributed by atoms with Gasteiger partial charge < -0.3 is 10.6 Å². The van der Waals surface area contributed by atoms with Gasteiger partial charge in [0.15, 0.2) is 0 Å². The van der Waals surface area contributed by atoms with Crippen molar-refractivity contribution >= 4 is 5.91 Å². The minimum Gasteiger partial charge on any atom is -0.353 e. The highest BCUT2D eigenvalue weighted by Gasteiger charge is 2.37. The average molecular weight is 246 g/mol. The molecule has 98 valence electrons. The number of amides is 1. The Morgan fingerprint density at radius 2 is 2.11 bits per heavy atom. The summed E-state index contributed by atoms with van der Waals surface area (Å²) in [5, 5.41) is 6.29. The van der Waals surface area contributed by atoms with Gasteiger partial charge in [-0.2, -0.15) is 0 Å². The van der Waals surface area contributed by atoms with E-state index in [9.17, 15) is 4.79 Å². The zero-order valence-electron chi connectivity index (χ0n) is 11.1. The number of hydrogen-bond acceptors (Lipinski definition) is 2. The van der Waals surface area contributed by atoms with Gasteiger partial charge in [-0.05, 0) is 25.3 Å². The van der Waals surface area contributed by atoms with Crippen LogP contribution in [0.3, 0.4) is 0 Å². The predicted molar refractivity (Wildman–Crippen MR) is 73.5 cm³/mol. The fourth-order valence-corrected chi connectivity index (χ4v) is 2.14. The Kier molecular flexibility index (Phi) is 4.37. The third kappa shape index (κ3) is 3.57. The third-order valence-corrected chi connectivity index (χ3v) is 3.56. The number of benzene rings is 1. The molecule has 1 aromatic carbocycles. The Hall–Kier alpha value is -1.35. The van der Waals surface area contributed by atoms with Crippen molar-refractivity contribution in [2.24, 2.45) is 0 Å². The first-order valence-electron chi connectivity index (χ1n) is 6.78. The van der Waals surface area contributed by atoms with E-state index < -0.39 is 0 Å². The van der Waals surface area contributed by atoms with Crippen LogP contribution >= 0.6 is 0 Å². The summed E-state index contributed by atoms with van der Waals surface area (Å²) in [6.07, 6.45) is 2.11. The van der Waals surface area contributed by atoms with Crippen LogP contribution < -0.4 is 10.6 Å². The van der Waals surface area contributed by atoms with Gasteiger partial charge in [0.2, 0.25) is 5.91 Å². The van der Waals surface area contributed by atoms with E-state index in [-0.39, 0.29) is 11.9 Å². The summed E-state index contributed by atoms with van der Waals surface area (Å²) in [5.74, 6) is 0.686. The van der Waals surface area contributed by atoms with Crippen LogP contribution in [0.2, 0.25) is 0 Å². The molecule has 0 saturated heterocycles. The summed E-state index contributed by atoms with van der Waals surface area (Å²) in [7, 11) is 0. The number of nitrogens with one attached hydrogen (secondary N) is 2. The fraction of sp³-hybridized carbons (Fsp3) is 0.533. The van der Waals surface area contributed by atoms with E-state index in [4.69, 9.17) is 0 Å². The molecule has 2 rings (SSSR count). The Balaban J connectivity index is 1.69. The van der Waals surface area contributed by atoms with Crippen molar-refractivity contribution in [1.29, 1.82) is 0 Å². The van der Waals surface area contributed by atoms with Gasteiger partial charge in [-0.1, -0.05) is 37.3 Å². The summed E-state index contributed by atoms with van der Waals surface area (Å²) in [4.78, 5) is 11.6. The molecule has 2 N–H and O–H groups in total. The molecule has 0 aromatic heterocycles. The van der Waals surface area contributed by atoms with Crippen molar-refractivity contribution in [1.82, 2.24) is 10.6 Å².